The predicted octanol–water partition coefficient (Wildman–Crippen LogP) is -1.26. The fraction of sp³-hybridized carbons (Fsp3) is 0. The molecule has 0 bridgehead atoms. The zero-order valence-corrected chi connectivity index (χ0v) is 7.16. The van der Waals surface area contributed by atoms with Crippen LogP contribution in [-0.4, -0.2) is 32.5 Å². The van der Waals surface area contributed by atoms with Gasteiger partial charge < -0.3 is 5.73 Å². The number of hydrogen-bond donors (Lipinski definition) is 1. The Hall–Kier alpha value is 0.106. The van der Waals surface area contributed by atoms with E-state index in [4.69, 9.17) is 0 Å². The zero-order valence-electron chi connectivity index (χ0n) is 3.27. The molecule has 0 spiro atoms. The molecule has 0 atom stereocenters. The quantitative estimate of drug-likeness (QED) is 0.600. The second-order valence-corrected chi connectivity index (χ2v) is 0.606. The van der Waals surface area contributed by atoms with Gasteiger partial charge in [-0.05, 0) is 6.08 Å². The van der Waals surface area contributed by atoms with Crippen molar-refractivity contribution in [3.05, 3.63) is 12.7 Å². The molecule has 1 amide bonds. The van der Waals surface area contributed by atoms with Crippen LogP contribution in [0.1, 0.15) is 0 Å². The van der Waals surface area contributed by atoms with E-state index in [-0.39, 0.29) is 26.6 Å². The van der Waals surface area contributed by atoms with Crippen molar-refractivity contribution < 1.29 is 4.79 Å². The summed E-state index contributed by atoms with van der Waals surface area (Å²) in [4.78, 5) is 9.47. The molecular weight excluding hydrogens is 275 g/mol. The Morgan fingerprint density at radius 3 is 2.00 bits per heavy atom. The van der Waals surface area contributed by atoms with Gasteiger partial charge in [0.25, 0.3) is 0 Å². The molecule has 36 valence electrons. The van der Waals surface area contributed by atoms with Gasteiger partial charge in [-0.2, -0.15) is 0 Å². The normalized spacial score (nSPS) is 5.33. The standard InChI is InChI=1S/C3H5NO.Po.2H/c1-2-3(4)5;;;/h2H,1H2,(H2,4,5);;;. The molecule has 0 fully saturated rings. The Balaban J connectivity index is 0. The van der Waals surface area contributed by atoms with E-state index in [1.165, 1.54) is 0 Å². The van der Waals surface area contributed by atoms with E-state index in [0.717, 1.165) is 6.08 Å². The summed E-state index contributed by atoms with van der Waals surface area (Å²) in [5, 5.41) is 0. The monoisotopic (exact) mass is 282 g/mol. The summed E-state index contributed by atoms with van der Waals surface area (Å²) in [5.74, 6) is -0.481. The van der Waals surface area contributed by atoms with E-state index in [9.17, 15) is 4.79 Å². The first kappa shape index (κ1) is 9.44. The first-order valence-electron chi connectivity index (χ1n) is 1.19. The van der Waals surface area contributed by atoms with E-state index >= 15 is 0 Å². The topological polar surface area (TPSA) is 43.1 Å². The third kappa shape index (κ3) is 8.93. The molecule has 3 heteroatoms. The molecular formula is C3H7NOPo. The van der Waals surface area contributed by atoms with Crippen molar-refractivity contribution in [1.82, 2.24) is 0 Å². The molecule has 0 saturated heterocycles. The Labute approximate surface area is 55.9 Å². The molecule has 6 heavy (non-hydrogen) atoms. The Morgan fingerprint density at radius 2 is 2.00 bits per heavy atom. The average molecular weight is 282 g/mol. The van der Waals surface area contributed by atoms with E-state index in [1.54, 1.807) is 0 Å². The van der Waals surface area contributed by atoms with Crippen molar-refractivity contribution in [2.24, 2.45) is 5.73 Å². The average Bonchev–Trinajstić information content (AvgIpc) is 1.38. The number of rotatable bonds is 1. The van der Waals surface area contributed by atoms with E-state index in [2.05, 4.69) is 12.3 Å². The van der Waals surface area contributed by atoms with Gasteiger partial charge in [-0.1, -0.05) is 6.58 Å². The Bertz CT molecular complexity index is 61.8. The molecule has 0 rings (SSSR count). The van der Waals surface area contributed by atoms with Crippen LogP contribution in [-0.2, 0) is 4.79 Å². The molecule has 0 aromatic rings. The second kappa shape index (κ2) is 5.11. The SMILES string of the molecule is C=CC(N)=O.[PoH2]. The molecule has 2 N–H and O–H groups in total. The van der Waals surface area contributed by atoms with Crippen molar-refractivity contribution >= 4 is 32.5 Å². The minimum atomic E-state index is -0.481. The maximum atomic E-state index is 9.47. The molecule has 0 aliphatic rings. The molecule has 2 nitrogen and oxygen atoms in total. The number of amides is 1. The van der Waals surface area contributed by atoms with Gasteiger partial charge in [0.05, 0.1) is 0 Å². The van der Waals surface area contributed by atoms with Crippen molar-refractivity contribution in [2.45, 2.75) is 0 Å². The van der Waals surface area contributed by atoms with Gasteiger partial charge in [0.2, 0.25) is 5.91 Å². The summed E-state index contributed by atoms with van der Waals surface area (Å²) >= 11 is 0. The van der Waals surface area contributed by atoms with Crippen LogP contribution < -0.4 is 5.73 Å². The first-order chi connectivity index (χ1) is 2.27. The summed E-state index contributed by atoms with van der Waals surface area (Å²) in [7, 11) is 0. The van der Waals surface area contributed by atoms with Crippen molar-refractivity contribution in [3.8, 4) is 0 Å². The molecule has 0 aromatic carbocycles. The van der Waals surface area contributed by atoms with Gasteiger partial charge in [-0.25, -0.2) is 0 Å². The number of nitrogens with two attached hydrogens (primary N) is 1. The van der Waals surface area contributed by atoms with Gasteiger partial charge in [0.15, 0.2) is 0 Å². The van der Waals surface area contributed by atoms with Crippen LogP contribution in [0.15, 0.2) is 12.7 Å². The summed E-state index contributed by atoms with van der Waals surface area (Å²) < 4.78 is 0. The Morgan fingerprint density at radius 1 is 1.83 bits per heavy atom. The van der Waals surface area contributed by atoms with Crippen molar-refractivity contribution in [2.75, 3.05) is 0 Å². The Kier molecular flexibility index (Phi) is 8.04. The van der Waals surface area contributed by atoms with Gasteiger partial charge >= 0.3 is 26.6 Å². The van der Waals surface area contributed by atoms with Crippen LogP contribution in [0, 0.1) is 0 Å². The summed E-state index contributed by atoms with van der Waals surface area (Å²) in [6.45, 7) is 3.09. The predicted molar refractivity (Wildman–Crippen MR) is 27.9 cm³/mol. The molecule has 0 aliphatic heterocycles. The summed E-state index contributed by atoms with van der Waals surface area (Å²) in [5.41, 5.74) is 4.53. The summed E-state index contributed by atoms with van der Waals surface area (Å²) in [6.07, 6.45) is 1.06. The van der Waals surface area contributed by atoms with Crippen LogP contribution in [0.4, 0.5) is 0 Å². The van der Waals surface area contributed by atoms with Gasteiger partial charge in [-0.15, -0.1) is 0 Å². The number of primary amides is 1. The number of hydrogen-bond acceptors (Lipinski definition) is 1. The first-order valence-corrected chi connectivity index (χ1v) is 1.19. The van der Waals surface area contributed by atoms with Crippen LogP contribution >= 0.6 is 0 Å². The van der Waals surface area contributed by atoms with E-state index < -0.39 is 5.91 Å². The van der Waals surface area contributed by atoms with Crippen molar-refractivity contribution in [3.63, 3.8) is 0 Å². The third-order valence-corrected chi connectivity index (χ3v) is 0.201. The van der Waals surface area contributed by atoms with Crippen LogP contribution in [0.25, 0.3) is 0 Å². The van der Waals surface area contributed by atoms with Gasteiger partial charge in [-0.3, -0.25) is 4.79 Å². The van der Waals surface area contributed by atoms with Gasteiger partial charge in [0, 0.05) is 0 Å². The minimum absolute atomic E-state index is 0. The molecule has 0 saturated carbocycles. The van der Waals surface area contributed by atoms with Crippen LogP contribution in [0.5, 0.6) is 0 Å². The summed E-state index contributed by atoms with van der Waals surface area (Å²) in [6, 6.07) is 0. The molecule has 0 heterocycles. The van der Waals surface area contributed by atoms with Crippen LogP contribution in [0.2, 0.25) is 0 Å². The zero-order chi connectivity index (χ0) is 4.28. The molecule has 0 aliphatic carbocycles. The molecule has 0 radical (unpaired) electrons. The number of carbonyl (C=O) groups excluding carboxylic acids is 1. The number of carbonyl (C=O) groups is 1. The molecule has 0 unspecified atom stereocenters. The van der Waals surface area contributed by atoms with Crippen molar-refractivity contribution in [1.29, 1.82) is 0 Å². The fourth-order valence-electron chi connectivity index (χ4n) is 0. The van der Waals surface area contributed by atoms with E-state index in [0.29, 0.717) is 0 Å². The van der Waals surface area contributed by atoms with E-state index in [1.807, 2.05) is 0 Å². The second-order valence-electron chi connectivity index (χ2n) is 0.606. The maximum absolute atomic E-state index is 9.47. The third-order valence-electron chi connectivity index (χ3n) is 0.201. The van der Waals surface area contributed by atoms with Crippen LogP contribution in [0.3, 0.4) is 0 Å². The molecule has 0 aromatic heterocycles. The van der Waals surface area contributed by atoms with Gasteiger partial charge in [0.1, 0.15) is 0 Å². The fourth-order valence-corrected chi connectivity index (χ4v) is 0.